The third-order valence-corrected chi connectivity index (χ3v) is 4.46. The van der Waals surface area contributed by atoms with Crippen LogP contribution in [0.25, 0.3) is 0 Å². The second-order valence-corrected chi connectivity index (χ2v) is 6.17. The summed E-state index contributed by atoms with van der Waals surface area (Å²) in [4.78, 5) is 0. The molecule has 1 saturated carbocycles. The highest BCUT2D eigenvalue weighted by molar-refractivity contribution is 7.99. The third kappa shape index (κ3) is 3.95. The zero-order chi connectivity index (χ0) is 12.8. The molecule has 0 amide bonds. The van der Waals surface area contributed by atoms with E-state index in [4.69, 9.17) is 18.0 Å². The van der Waals surface area contributed by atoms with Gasteiger partial charge in [0.25, 0.3) is 0 Å². The fraction of sp³-hybridized carbons (Fsp3) is 0.467. The molecular formula is C15H18ClNS. The number of benzene rings is 1. The van der Waals surface area contributed by atoms with Crippen LogP contribution >= 0.6 is 23.4 Å². The normalized spacial score (nSPS) is 22.2. The second kappa shape index (κ2) is 7.09. The Kier molecular flexibility index (Phi) is 5.44. The highest BCUT2D eigenvalue weighted by Crippen LogP contribution is 2.37. The van der Waals surface area contributed by atoms with Gasteiger partial charge in [-0.2, -0.15) is 0 Å². The summed E-state index contributed by atoms with van der Waals surface area (Å²) in [5, 5.41) is 4.39. The first kappa shape index (κ1) is 13.8. The van der Waals surface area contributed by atoms with Crippen LogP contribution in [-0.4, -0.2) is 24.1 Å². The van der Waals surface area contributed by atoms with Gasteiger partial charge in [-0.3, -0.25) is 0 Å². The Morgan fingerprint density at radius 1 is 1.33 bits per heavy atom. The summed E-state index contributed by atoms with van der Waals surface area (Å²) in [6, 6.07) is 8.93. The van der Waals surface area contributed by atoms with Crippen molar-refractivity contribution in [3.8, 4) is 12.3 Å². The van der Waals surface area contributed by atoms with Crippen molar-refractivity contribution in [1.82, 2.24) is 5.32 Å². The molecule has 0 heterocycles. The molecule has 0 spiro atoms. The van der Waals surface area contributed by atoms with Crippen molar-refractivity contribution >= 4 is 23.4 Å². The SMILES string of the molecule is C#CCSCCNC1CC(c2ccc(Cl)cc2)C1. The second-order valence-electron chi connectivity index (χ2n) is 4.63. The van der Waals surface area contributed by atoms with Gasteiger partial charge in [0, 0.05) is 23.4 Å². The summed E-state index contributed by atoms with van der Waals surface area (Å²) < 4.78 is 0. The van der Waals surface area contributed by atoms with Crippen LogP contribution in [0.2, 0.25) is 5.02 Å². The van der Waals surface area contributed by atoms with Crippen LogP contribution in [0.4, 0.5) is 0 Å². The summed E-state index contributed by atoms with van der Waals surface area (Å²) in [5.74, 6) is 5.27. The first-order valence-electron chi connectivity index (χ1n) is 6.29. The molecule has 1 aromatic carbocycles. The van der Waals surface area contributed by atoms with Crippen molar-refractivity contribution in [2.24, 2.45) is 0 Å². The minimum Gasteiger partial charge on any atom is -0.313 e. The zero-order valence-electron chi connectivity index (χ0n) is 10.4. The molecule has 1 aliphatic carbocycles. The Labute approximate surface area is 119 Å². The number of nitrogens with one attached hydrogen (secondary N) is 1. The number of hydrogen-bond acceptors (Lipinski definition) is 2. The van der Waals surface area contributed by atoms with Crippen LogP contribution in [0.15, 0.2) is 24.3 Å². The Morgan fingerprint density at radius 2 is 2.06 bits per heavy atom. The summed E-state index contributed by atoms with van der Waals surface area (Å²) in [6.07, 6.45) is 7.68. The van der Waals surface area contributed by atoms with E-state index in [1.165, 1.54) is 18.4 Å². The maximum Gasteiger partial charge on any atom is 0.0545 e. The lowest BCUT2D eigenvalue weighted by Gasteiger charge is -2.36. The van der Waals surface area contributed by atoms with E-state index in [-0.39, 0.29) is 0 Å². The minimum atomic E-state index is 0.678. The zero-order valence-corrected chi connectivity index (χ0v) is 11.9. The molecule has 0 bridgehead atoms. The van der Waals surface area contributed by atoms with Crippen molar-refractivity contribution in [2.45, 2.75) is 24.8 Å². The fourth-order valence-corrected chi connectivity index (χ4v) is 2.91. The molecule has 0 aliphatic heterocycles. The Morgan fingerprint density at radius 3 is 2.72 bits per heavy atom. The van der Waals surface area contributed by atoms with Crippen LogP contribution in [0.5, 0.6) is 0 Å². The van der Waals surface area contributed by atoms with Crippen molar-refractivity contribution in [1.29, 1.82) is 0 Å². The molecule has 96 valence electrons. The summed E-state index contributed by atoms with van der Waals surface area (Å²) in [6.45, 7) is 1.06. The average Bonchev–Trinajstić information content (AvgIpc) is 2.33. The van der Waals surface area contributed by atoms with Crippen LogP contribution in [0.1, 0.15) is 24.3 Å². The molecular weight excluding hydrogens is 262 g/mol. The molecule has 1 aliphatic rings. The van der Waals surface area contributed by atoms with Crippen molar-refractivity contribution < 1.29 is 0 Å². The molecule has 0 saturated heterocycles. The lowest BCUT2D eigenvalue weighted by atomic mass is 9.76. The molecule has 1 aromatic rings. The van der Waals surface area contributed by atoms with Gasteiger partial charge in [0.15, 0.2) is 0 Å². The molecule has 1 fully saturated rings. The number of thioether (sulfide) groups is 1. The highest BCUT2D eigenvalue weighted by atomic mass is 35.5. The van der Waals surface area contributed by atoms with E-state index in [1.54, 1.807) is 0 Å². The van der Waals surface area contributed by atoms with E-state index in [0.29, 0.717) is 12.0 Å². The topological polar surface area (TPSA) is 12.0 Å². The maximum atomic E-state index is 5.89. The van der Waals surface area contributed by atoms with Crippen LogP contribution in [0.3, 0.4) is 0 Å². The van der Waals surface area contributed by atoms with E-state index < -0.39 is 0 Å². The predicted molar refractivity (Wildman–Crippen MR) is 81.4 cm³/mol. The first-order chi connectivity index (χ1) is 8.79. The number of terminal acetylenes is 1. The average molecular weight is 280 g/mol. The van der Waals surface area contributed by atoms with Gasteiger partial charge in [-0.1, -0.05) is 29.7 Å². The van der Waals surface area contributed by atoms with E-state index in [9.17, 15) is 0 Å². The molecule has 0 unspecified atom stereocenters. The van der Waals surface area contributed by atoms with Gasteiger partial charge in [0.2, 0.25) is 0 Å². The smallest absolute Gasteiger partial charge is 0.0545 e. The number of halogens is 1. The Hall–Kier alpha value is -0.620. The molecule has 18 heavy (non-hydrogen) atoms. The minimum absolute atomic E-state index is 0.678. The Balaban J connectivity index is 1.62. The molecule has 0 aromatic heterocycles. The summed E-state index contributed by atoms with van der Waals surface area (Å²) >= 11 is 7.70. The monoisotopic (exact) mass is 279 g/mol. The van der Waals surface area contributed by atoms with Gasteiger partial charge in [0.05, 0.1) is 5.75 Å². The van der Waals surface area contributed by atoms with E-state index in [2.05, 4.69) is 23.4 Å². The van der Waals surface area contributed by atoms with Crippen LogP contribution < -0.4 is 5.32 Å². The molecule has 1 nitrogen and oxygen atoms in total. The lowest BCUT2D eigenvalue weighted by molar-refractivity contribution is 0.296. The standard InChI is InChI=1S/C15H18ClNS/c1-2-8-18-9-7-17-15-10-13(11-15)12-3-5-14(16)6-4-12/h1,3-6,13,15,17H,7-11H2. The molecule has 3 heteroatoms. The largest absolute Gasteiger partial charge is 0.313 e. The van der Waals surface area contributed by atoms with E-state index >= 15 is 0 Å². The third-order valence-electron chi connectivity index (χ3n) is 3.34. The maximum absolute atomic E-state index is 5.89. The molecule has 1 N–H and O–H groups in total. The molecule has 0 atom stereocenters. The predicted octanol–water partition coefficient (Wildman–Crippen LogP) is 3.54. The van der Waals surface area contributed by atoms with Crippen molar-refractivity contribution in [3.05, 3.63) is 34.9 Å². The van der Waals surface area contributed by atoms with Gasteiger partial charge < -0.3 is 5.32 Å². The molecule has 2 rings (SSSR count). The number of hydrogen-bond donors (Lipinski definition) is 1. The van der Waals surface area contributed by atoms with Crippen LogP contribution in [-0.2, 0) is 0 Å². The van der Waals surface area contributed by atoms with Gasteiger partial charge in [-0.15, -0.1) is 18.2 Å². The van der Waals surface area contributed by atoms with Gasteiger partial charge in [-0.05, 0) is 36.5 Å². The first-order valence-corrected chi connectivity index (χ1v) is 7.83. The number of rotatable bonds is 6. The van der Waals surface area contributed by atoms with E-state index in [1.807, 2.05) is 23.9 Å². The van der Waals surface area contributed by atoms with Gasteiger partial charge in [-0.25, -0.2) is 0 Å². The van der Waals surface area contributed by atoms with Crippen LogP contribution in [0, 0.1) is 12.3 Å². The van der Waals surface area contributed by atoms with Crippen molar-refractivity contribution in [2.75, 3.05) is 18.1 Å². The van der Waals surface area contributed by atoms with Gasteiger partial charge >= 0.3 is 0 Å². The van der Waals surface area contributed by atoms with Crippen molar-refractivity contribution in [3.63, 3.8) is 0 Å². The summed E-state index contributed by atoms with van der Waals surface area (Å²) in [7, 11) is 0. The quantitative estimate of drug-likeness (QED) is 0.631. The lowest BCUT2D eigenvalue weighted by Crippen LogP contribution is -2.41. The Bertz CT molecular complexity index is 403. The van der Waals surface area contributed by atoms with Gasteiger partial charge in [0.1, 0.15) is 0 Å². The van der Waals surface area contributed by atoms with E-state index in [0.717, 1.165) is 23.1 Å². The molecule has 0 radical (unpaired) electrons. The highest BCUT2D eigenvalue weighted by Gasteiger charge is 2.29. The fourth-order valence-electron chi connectivity index (χ4n) is 2.26. The summed E-state index contributed by atoms with van der Waals surface area (Å²) in [5.41, 5.74) is 1.42.